The lowest BCUT2D eigenvalue weighted by molar-refractivity contribution is 0.295. The maximum Gasteiger partial charge on any atom is 0.488 e. The molecule has 0 aliphatic rings. The van der Waals surface area contributed by atoms with E-state index in [4.69, 9.17) is 14.8 Å². The van der Waals surface area contributed by atoms with Crippen LogP contribution in [-0.4, -0.2) is 33.3 Å². The topological polar surface area (TPSA) is 84.6 Å². The largest absolute Gasteiger partial charge is 0.492 e. The summed E-state index contributed by atoms with van der Waals surface area (Å²) in [6, 6.07) is 8.09. The van der Waals surface area contributed by atoms with Gasteiger partial charge in [-0.1, -0.05) is 12.1 Å². The van der Waals surface area contributed by atoms with E-state index in [2.05, 4.69) is 4.98 Å². The first kappa shape index (κ1) is 13.3. The molecule has 6 nitrogen and oxygen atoms in total. The summed E-state index contributed by atoms with van der Waals surface area (Å²) in [4.78, 5) is 15.0. The second-order valence-corrected chi connectivity index (χ2v) is 3.89. The fraction of sp³-hybridized carbons (Fsp3) is 0.167. The summed E-state index contributed by atoms with van der Waals surface area (Å²) >= 11 is 0. The predicted molar refractivity (Wildman–Crippen MR) is 70.3 cm³/mol. The first-order valence-electron chi connectivity index (χ1n) is 5.77. The van der Waals surface area contributed by atoms with Gasteiger partial charge in [0.2, 0.25) is 0 Å². The molecule has 98 valence electrons. The van der Waals surface area contributed by atoms with Crippen LogP contribution in [0.2, 0.25) is 0 Å². The van der Waals surface area contributed by atoms with Gasteiger partial charge in [-0.25, -0.2) is 9.78 Å². The third-order valence-electron chi connectivity index (χ3n) is 2.56. The smallest absolute Gasteiger partial charge is 0.488 e. The molecule has 0 aliphatic carbocycles. The predicted octanol–water partition coefficient (Wildman–Crippen LogP) is -0.998. The van der Waals surface area contributed by atoms with Gasteiger partial charge in [-0.05, 0) is 23.7 Å². The SMILES string of the molecule is O=c1ncccn1CCOc1ccc(B(O)O)cc1. The van der Waals surface area contributed by atoms with Crippen molar-refractivity contribution in [3.05, 3.63) is 53.2 Å². The van der Waals surface area contributed by atoms with Gasteiger partial charge in [-0.2, -0.15) is 0 Å². The maximum absolute atomic E-state index is 11.3. The Morgan fingerprint density at radius 1 is 1.26 bits per heavy atom. The lowest BCUT2D eigenvalue weighted by Gasteiger charge is -2.08. The molecular weight excluding hydrogens is 247 g/mol. The molecule has 0 spiro atoms. The van der Waals surface area contributed by atoms with Gasteiger partial charge >= 0.3 is 12.8 Å². The molecule has 0 bridgehead atoms. The van der Waals surface area contributed by atoms with Crippen molar-refractivity contribution < 1.29 is 14.8 Å². The van der Waals surface area contributed by atoms with Gasteiger partial charge in [0.05, 0.1) is 6.54 Å². The van der Waals surface area contributed by atoms with Crippen molar-refractivity contribution in [2.45, 2.75) is 6.54 Å². The van der Waals surface area contributed by atoms with Crippen molar-refractivity contribution in [3.63, 3.8) is 0 Å². The summed E-state index contributed by atoms with van der Waals surface area (Å²) in [5, 5.41) is 17.9. The Balaban J connectivity index is 1.89. The second-order valence-electron chi connectivity index (χ2n) is 3.89. The van der Waals surface area contributed by atoms with Gasteiger partial charge < -0.3 is 14.8 Å². The van der Waals surface area contributed by atoms with E-state index in [0.29, 0.717) is 24.4 Å². The van der Waals surface area contributed by atoms with Crippen LogP contribution in [0.5, 0.6) is 5.75 Å². The molecule has 2 aromatic rings. The van der Waals surface area contributed by atoms with Gasteiger partial charge in [0.1, 0.15) is 12.4 Å². The minimum Gasteiger partial charge on any atom is -0.492 e. The molecule has 0 fully saturated rings. The van der Waals surface area contributed by atoms with E-state index in [1.165, 1.54) is 10.8 Å². The van der Waals surface area contributed by atoms with Gasteiger partial charge in [-0.3, -0.25) is 4.57 Å². The van der Waals surface area contributed by atoms with Crippen LogP contribution < -0.4 is 15.9 Å². The number of hydrogen-bond acceptors (Lipinski definition) is 5. The van der Waals surface area contributed by atoms with Crippen LogP contribution in [0.15, 0.2) is 47.5 Å². The Morgan fingerprint density at radius 2 is 2.00 bits per heavy atom. The van der Waals surface area contributed by atoms with Gasteiger partial charge in [-0.15, -0.1) is 0 Å². The average molecular weight is 260 g/mol. The highest BCUT2D eigenvalue weighted by Crippen LogP contribution is 2.07. The second kappa shape index (κ2) is 6.17. The quantitative estimate of drug-likeness (QED) is 0.674. The van der Waals surface area contributed by atoms with Crippen molar-refractivity contribution in [3.8, 4) is 5.75 Å². The first-order valence-corrected chi connectivity index (χ1v) is 5.77. The third-order valence-corrected chi connectivity index (χ3v) is 2.56. The highest BCUT2D eigenvalue weighted by molar-refractivity contribution is 6.58. The van der Waals surface area contributed by atoms with Crippen LogP contribution in [0.3, 0.4) is 0 Å². The summed E-state index contributed by atoms with van der Waals surface area (Å²) in [6.45, 7) is 0.726. The molecule has 0 saturated carbocycles. The molecule has 0 atom stereocenters. The Bertz CT molecular complexity index is 583. The van der Waals surface area contributed by atoms with Crippen molar-refractivity contribution in [1.82, 2.24) is 9.55 Å². The molecule has 2 rings (SSSR count). The molecule has 1 aromatic heterocycles. The Hall–Kier alpha value is -2.12. The van der Waals surface area contributed by atoms with Crippen molar-refractivity contribution >= 4 is 12.6 Å². The van der Waals surface area contributed by atoms with E-state index in [0.717, 1.165) is 0 Å². The summed E-state index contributed by atoms with van der Waals surface area (Å²) in [5.74, 6) is 0.598. The number of hydrogen-bond donors (Lipinski definition) is 2. The molecule has 0 radical (unpaired) electrons. The lowest BCUT2D eigenvalue weighted by atomic mass is 9.80. The minimum absolute atomic E-state index is 0.315. The molecule has 0 unspecified atom stereocenters. The van der Waals surface area contributed by atoms with E-state index in [1.807, 2.05) is 0 Å². The van der Waals surface area contributed by atoms with E-state index in [-0.39, 0.29) is 5.69 Å². The Labute approximate surface area is 110 Å². The zero-order valence-corrected chi connectivity index (χ0v) is 10.1. The van der Waals surface area contributed by atoms with Crippen LogP contribution in [0, 0.1) is 0 Å². The molecular formula is C12H13BN2O4. The standard InChI is InChI=1S/C12H13BN2O4/c16-12-14-6-1-7-15(12)8-9-19-11-4-2-10(3-5-11)13(17)18/h1-7,17-18H,8-9H2. The number of rotatable bonds is 5. The zero-order valence-electron chi connectivity index (χ0n) is 10.1. The van der Waals surface area contributed by atoms with Crippen LogP contribution in [0.4, 0.5) is 0 Å². The number of aromatic nitrogens is 2. The van der Waals surface area contributed by atoms with Crippen molar-refractivity contribution in [2.24, 2.45) is 0 Å². The molecule has 1 heterocycles. The minimum atomic E-state index is -1.48. The summed E-state index contributed by atoms with van der Waals surface area (Å²) < 4.78 is 6.90. The van der Waals surface area contributed by atoms with Crippen LogP contribution >= 0.6 is 0 Å². The zero-order chi connectivity index (χ0) is 13.7. The monoisotopic (exact) mass is 260 g/mol. The van der Waals surface area contributed by atoms with E-state index < -0.39 is 7.12 Å². The van der Waals surface area contributed by atoms with Crippen molar-refractivity contribution in [1.29, 1.82) is 0 Å². The maximum atomic E-state index is 11.3. The highest BCUT2D eigenvalue weighted by Gasteiger charge is 2.09. The molecule has 0 amide bonds. The van der Waals surface area contributed by atoms with Crippen molar-refractivity contribution in [2.75, 3.05) is 6.61 Å². The van der Waals surface area contributed by atoms with Gasteiger partial charge in [0, 0.05) is 12.4 Å². The van der Waals surface area contributed by atoms with Gasteiger partial charge in [0.25, 0.3) is 0 Å². The Morgan fingerprint density at radius 3 is 2.63 bits per heavy atom. The van der Waals surface area contributed by atoms with Crippen LogP contribution in [-0.2, 0) is 6.54 Å². The van der Waals surface area contributed by atoms with E-state index >= 15 is 0 Å². The molecule has 2 N–H and O–H groups in total. The normalized spacial score (nSPS) is 10.2. The summed E-state index contributed by atoms with van der Waals surface area (Å²) in [6.07, 6.45) is 3.09. The number of ether oxygens (including phenoxy) is 1. The molecule has 0 saturated heterocycles. The average Bonchev–Trinajstić information content (AvgIpc) is 2.41. The third kappa shape index (κ3) is 3.67. The fourth-order valence-corrected chi connectivity index (χ4v) is 1.56. The molecule has 0 aliphatic heterocycles. The fourth-order valence-electron chi connectivity index (χ4n) is 1.56. The van der Waals surface area contributed by atoms with E-state index in [9.17, 15) is 4.79 Å². The lowest BCUT2D eigenvalue weighted by Crippen LogP contribution is -2.29. The van der Waals surface area contributed by atoms with E-state index in [1.54, 1.807) is 36.5 Å². The number of nitrogens with zero attached hydrogens (tertiary/aromatic N) is 2. The molecule has 7 heteroatoms. The molecule has 1 aromatic carbocycles. The number of benzene rings is 1. The first-order chi connectivity index (χ1) is 9.16. The Kier molecular flexibility index (Phi) is 4.32. The summed E-state index contributed by atoms with van der Waals surface area (Å²) in [5.41, 5.74) is 0.0840. The highest BCUT2D eigenvalue weighted by atomic mass is 16.5. The van der Waals surface area contributed by atoms with Crippen LogP contribution in [0.1, 0.15) is 0 Å². The molecule has 19 heavy (non-hydrogen) atoms. The summed E-state index contributed by atoms with van der Waals surface area (Å²) in [7, 11) is -1.48. The van der Waals surface area contributed by atoms with Crippen LogP contribution in [0.25, 0.3) is 0 Å². The van der Waals surface area contributed by atoms with Gasteiger partial charge in [0.15, 0.2) is 0 Å².